The second-order valence-corrected chi connectivity index (χ2v) is 20.9. The molecule has 0 unspecified atom stereocenters. The molecule has 0 spiro atoms. The maximum absolute atomic E-state index is 6.48. The van der Waals surface area contributed by atoms with Crippen LogP contribution in [-0.4, -0.2) is 11.8 Å². The Morgan fingerprint density at radius 1 is 0.525 bits per heavy atom. The molecule has 0 bridgehead atoms. The number of hydrogen-bond donors (Lipinski definition) is 1. The monoisotopic (exact) mass is 783 g/mol. The minimum atomic E-state index is 0.0101. The summed E-state index contributed by atoms with van der Waals surface area (Å²) in [7, 11) is 2.45. The van der Waals surface area contributed by atoms with Crippen molar-refractivity contribution in [3.63, 3.8) is 0 Å². The molecule has 289 valence electrons. The number of anilines is 2. The van der Waals surface area contributed by atoms with E-state index >= 15 is 0 Å². The molecule has 0 atom stereocenters. The first-order chi connectivity index (χ1) is 28.1. The van der Waals surface area contributed by atoms with Gasteiger partial charge in [0.1, 0.15) is 11.2 Å². The lowest BCUT2D eigenvalue weighted by molar-refractivity contribution is 0.590. The third kappa shape index (κ3) is 5.69. The van der Waals surface area contributed by atoms with E-state index in [0.29, 0.717) is 0 Å². The van der Waals surface area contributed by atoms with Crippen molar-refractivity contribution in [1.82, 2.24) is 4.57 Å². The molecular formula is C54H48BN2OS. The Labute approximate surface area is 350 Å². The summed E-state index contributed by atoms with van der Waals surface area (Å²) >= 11 is 1.89. The predicted octanol–water partition coefficient (Wildman–Crippen LogP) is 14.3. The van der Waals surface area contributed by atoms with Crippen molar-refractivity contribution in [2.45, 2.75) is 78.6 Å². The zero-order valence-corrected chi connectivity index (χ0v) is 36.2. The van der Waals surface area contributed by atoms with Crippen molar-refractivity contribution < 1.29 is 4.42 Å². The van der Waals surface area contributed by atoms with Crippen LogP contribution in [0.4, 0.5) is 11.4 Å². The SMILES string of the molecule is CC(C)(C)c1ccc(Nc2cc3sc4cc(C(C)(C)C)ccc4c3cc2-c2ccc3c4cc5oc6ccccc6c5cc4n4c3c2[B]c2cc(C(C)(C)C)ccc2-4)cc1. The number of nitrogens with zero attached hydrogens (tertiary/aromatic N) is 1. The number of para-hydroxylation sites is 1. The summed E-state index contributed by atoms with van der Waals surface area (Å²) in [4.78, 5) is 0. The van der Waals surface area contributed by atoms with E-state index in [9.17, 15) is 0 Å². The molecule has 5 heteroatoms. The molecule has 0 aliphatic carbocycles. The quantitative estimate of drug-likeness (QED) is 0.181. The molecular weight excluding hydrogens is 735 g/mol. The maximum Gasteiger partial charge on any atom is 0.197 e. The number of fused-ring (bicyclic) bond motifs is 11. The van der Waals surface area contributed by atoms with Crippen molar-refractivity contribution in [2.24, 2.45) is 0 Å². The van der Waals surface area contributed by atoms with Crippen LogP contribution in [0.15, 0.2) is 126 Å². The molecule has 1 aliphatic rings. The summed E-state index contributed by atoms with van der Waals surface area (Å²) in [6, 6.07) is 45.7. The third-order valence-corrected chi connectivity index (χ3v) is 13.8. The van der Waals surface area contributed by atoms with Crippen LogP contribution >= 0.6 is 11.3 Å². The highest BCUT2D eigenvalue weighted by Crippen LogP contribution is 2.45. The predicted molar refractivity (Wildman–Crippen MR) is 257 cm³/mol. The summed E-state index contributed by atoms with van der Waals surface area (Å²) in [6.07, 6.45) is 0. The Morgan fingerprint density at radius 2 is 1.20 bits per heavy atom. The molecule has 0 saturated carbocycles. The number of thiophene rings is 1. The second-order valence-electron chi connectivity index (χ2n) is 19.8. The van der Waals surface area contributed by atoms with Crippen molar-refractivity contribution >= 4 is 105 Å². The number of aromatic nitrogens is 1. The normalized spacial score (nSPS) is 13.3. The lowest BCUT2D eigenvalue weighted by Gasteiger charge is -2.27. The first-order valence-electron chi connectivity index (χ1n) is 20.9. The third-order valence-electron chi connectivity index (χ3n) is 12.7. The van der Waals surface area contributed by atoms with Crippen LogP contribution in [0.2, 0.25) is 0 Å². The van der Waals surface area contributed by atoms with E-state index in [0.717, 1.165) is 33.3 Å². The van der Waals surface area contributed by atoms with Gasteiger partial charge in [-0.2, -0.15) is 0 Å². The molecule has 3 nitrogen and oxygen atoms in total. The molecule has 1 aliphatic heterocycles. The summed E-state index contributed by atoms with van der Waals surface area (Å²) < 4.78 is 11.6. The van der Waals surface area contributed by atoms with Gasteiger partial charge in [-0.15, -0.1) is 11.3 Å². The van der Waals surface area contributed by atoms with Gasteiger partial charge in [-0.05, 0) is 98.6 Å². The van der Waals surface area contributed by atoms with Gasteiger partial charge in [0.05, 0.1) is 5.52 Å². The van der Waals surface area contributed by atoms with E-state index in [1.807, 2.05) is 11.3 Å². The molecule has 0 fully saturated rings. The topological polar surface area (TPSA) is 30.1 Å². The van der Waals surface area contributed by atoms with E-state index in [4.69, 9.17) is 4.42 Å². The molecule has 1 radical (unpaired) electrons. The zero-order valence-electron chi connectivity index (χ0n) is 35.4. The van der Waals surface area contributed by atoms with E-state index < -0.39 is 0 Å². The highest BCUT2D eigenvalue weighted by molar-refractivity contribution is 7.25. The van der Waals surface area contributed by atoms with Gasteiger partial charge in [-0.1, -0.05) is 135 Å². The van der Waals surface area contributed by atoms with Gasteiger partial charge >= 0.3 is 0 Å². The van der Waals surface area contributed by atoms with E-state index in [1.165, 1.54) is 86.4 Å². The molecule has 0 saturated heterocycles. The van der Waals surface area contributed by atoms with E-state index in [-0.39, 0.29) is 16.2 Å². The molecule has 11 rings (SSSR count). The Hall–Kier alpha value is -5.78. The van der Waals surface area contributed by atoms with Gasteiger partial charge < -0.3 is 14.3 Å². The van der Waals surface area contributed by atoms with Crippen LogP contribution in [0.5, 0.6) is 0 Å². The maximum atomic E-state index is 6.48. The standard InChI is InChI=1S/C54H48BN2OS/c1-52(2,3)30-14-18-33(19-15-30)56-43-29-49-41(35-20-16-32(54(7,8)9)25-48(35)59-49)26-38(43)36-21-22-37-39-28-47-40(34-12-10-11-13-46(34)58-47)27-45(39)57-44-23-17-31(53(4,5)6)24-42(44)55-50(36)51(37)57/h10-29,56H,1-9H3. The Balaban J connectivity index is 1.20. The van der Waals surface area contributed by atoms with Crippen LogP contribution in [0, 0.1) is 0 Å². The lowest BCUT2D eigenvalue weighted by Crippen LogP contribution is -2.38. The highest BCUT2D eigenvalue weighted by atomic mass is 32.1. The molecule has 0 amide bonds. The fourth-order valence-electron chi connectivity index (χ4n) is 9.30. The minimum absolute atomic E-state index is 0.0101. The summed E-state index contributed by atoms with van der Waals surface area (Å²) in [5.74, 6) is 0. The van der Waals surface area contributed by atoms with Crippen molar-refractivity contribution in [3.8, 4) is 16.8 Å². The highest BCUT2D eigenvalue weighted by Gasteiger charge is 2.29. The molecule has 1 N–H and O–H groups in total. The molecule has 59 heavy (non-hydrogen) atoms. The van der Waals surface area contributed by atoms with Crippen LogP contribution in [-0.2, 0) is 16.2 Å². The Morgan fingerprint density at radius 3 is 1.97 bits per heavy atom. The lowest BCUT2D eigenvalue weighted by atomic mass is 9.58. The first kappa shape index (κ1) is 36.3. The smallest absolute Gasteiger partial charge is 0.197 e. The van der Waals surface area contributed by atoms with Gasteiger partial charge in [-0.25, -0.2) is 0 Å². The van der Waals surface area contributed by atoms with Gasteiger partial charge in [0.2, 0.25) is 0 Å². The molecule has 4 heterocycles. The number of benzene rings is 7. The first-order valence-corrected chi connectivity index (χ1v) is 21.7. The fraction of sp³-hybridized carbons (Fsp3) is 0.222. The van der Waals surface area contributed by atoms with E-state index in [1.54, 1.807) is 0 Å². The average molecular weight is 784 g/mol. The Bertz CT molecular complexity index is 3370. The van der Waals surface area contributed by atoms with Gasteiger partial charge in [0.15, 0.2) is 7.28 Å². The van der Waals surface area contributed by atoms with Gasteiger partial charge in [0.25, 0.3) is 0 Å². The van der Waals surface area contributed by atoms with Crippen molar-refractivity contribution in [1.29, 1.82) is 0 Å². The van der Waals surface area contributed by atoms with Crippen LogP contribution < -0.4 is 16.2 Å². The van der Waals surface area contributed by atoms with Gasteiger partial charge in [0, 0.05) is 69.9 Å². The second kappa shape index (κ2) is 12.4. The molecule has 3 aromatic heterocycles. The number of rotatable bonds is 3. The number of furan rings is 1. The fourth-order valence-corrected chi connectivity index (χ4v) is 10.5. The number of nitrogens with one attached hydrogen (secondary N) is 1. The van der Waals surface area contributed by atoms with E-state index in [2.05, 4.69) is 201 Å². The number of hydrogen-bond acceptors (Lipinski definition) is 3. The van der Waals surface area contributed by atoms with Crippen molar-refractivity contribution in [3.05, 3.63) is 138 Å². The largest absolute Gasteiger partial charge is 0.456 e. The molecule has 7 aromatic carbocycles. The van der Waals surface area contributed by atoms with Crippen LogP contribution in [0.3, 0.4) is 0 Å². The minimum Gasteiger partial charge on any atom is -0.456 e. The van der Waals surface area contributed by atoms with Gasteiger partial charge in [-0.3, -0.25) is 0 Å². The summed E-state index contributed by atoms with van der Waals surface area (Å²) in [5.41, 5.74) is 16.7. The van der Waals surface area contributed by atoms with Crippen LogP contribution in [0.25, 0.3) is 80.7 Å². The van der Waals surface area contributed by atoms with Crippen molar-refractivity contribution in [2.75, 3.05) is 5.32 Å². The average Bonchev–Trinajstić information content (AvgIpc) is 3.85. The zero-order chi connectivity index (χ0) is 40.7. The Kier molecular flexibility index (Phi) is 7.62. The van der Waals surface area contributed by atoms with Crippen LogP contribution in [0.1, 0.15) is 79.0 Å². The summed E-state index contributed by atoms with van der Waals surface area (Å²) in [5, 5.41) is 11.3. The molecule has 10 aromatic rings. The summed E-state index contributed by atoms with van der Waals surface area (Å²) in [6.45, 7) is 20.6.